The summed E-state index contributed by atoms with van der Waals surface area (Å²) in [4.78, 5) is 21.8. The van der Waals surface area contributed by atoms with E-state index in [0.717, 1.165) is 37.9 Å². The Morgan fingerprint density at radius 3 is 2.96 bits per heavy atom. The molecule has 2 aromatic heterocycles. The number of Topliss-reactive ketones (excluding diaryl/α,β-unsaturated/α-hetero) is 1. The second-order valence-corrected chi connectivity index (χ2v) is 9.00. The highest BCUT2D eigenvalue weighted by atomic mass is 32.2. The van der Waals surface area contributed by atoms with E-state index in [4.69, 9.17) is 0 Å². The summed E-state index contributed by atoms with van der Waals surface area (Å²) in [5.41, 5.74) is 5.02. The molecule has 7 heteroatoms. The number of nitrogens with zero attached hydrogens (tertiary/aromatic N) is 3. The van der Waals surface area contributed by atoms with Gasteiger partial charge in [-0.25, -0.2) is 9.98 Å². The van der Waals surface area contributed by atoms with Crippen molar-refractivity contribution in [1.82, 2.24) is 9.55 Å². The zero-order valence-electron chi connectivity index (χ0n) is 14.4. The van der Waals surface area contributed by atoms with E-state index in [2.05, 4.69) is 16.0 Å². The monoisotopic (exact) mass is 399 g/mol. The van der Waals surface area contributed by atoms with Gasteiger partial charge in [0, 0.05) is 34.3 Å². The van der Waals surface area contributed by atoms with Gasteiger partial charge in [0.2, 0.25) is 0 Å². The molecular formula is C19H17N3OS3. The first kappa shape index (κ1) is 17.6. The van der Waals surface area contributed by atoms with Crippen LogP contribution in [0.15, 0.2) is 46.9 Å². The molecule has 26 heavy (non-hydrogen) atoms. The molecule has 0 bridgehead atoms. The molecule has 0 radical (unpaired) electrons. The first-order valence-corrected chi connectivity index (χ1v) is 11.0. The van der Waals surface area contributed by atoms with Crippen molar-refractivity contribution in [2.24, 2.45) is 4.99 Å². The van der Waals surface area contributed by atoms with Crippen LogP contribution in [0, 0.1) is 13.8 Å². The molecule has 1 aliphatic rings. The molecule has 0 aliphatic carbocycles. The Hall–Kier alpha value is -1.83. The number of fused-ring (bicyclic) bond motifs is 1. The molecule has 132 valence electrons. The summed E-state index contributed by atoms with van der Waals surface area (Å²) in [5.74, 6) is 1.44. The minimum Gasteiger partial charge on any atom is -0.294 e. The molecule has 0 atom stereocenters. The van der Waals surface area contributed by atoms with Crippen LogP contribution in [0.1, 0.15) is 27.3 Å². The van der Waals surface area contributed by atoms with Gasteiger partial charge in [0.1, 0.15) is 4.38 Å². The van der Waals surface area contributed by atoms with Crippen molar-refractivity contribution < 1.29 is 4.79 Å². The minimum atomic E-state index is 0.132. The molecular weight excluding hydrogens is 382 g/mol. The highest BCUT2D eigenvalue weighted by Gasteiger charge is 2.19. The van der Waals surface area contributed by atoms with Crippen molar-refractivity contribution >= 4 is 50.7 Å². The van der Waals surface area contributed by atoms with Gasteiger partial charge in [-0.2, -0.15) is 0 Å². The van der Waals surface area contributed by atoms with Gasteiger partial charge in [-0.3, -0.25) is 9.36 Å². The predicted octanol–water partition coefficient (Wildman–Crippen LogP) is 5.40. The number of aromatic nitrogens is 2. The Kier molecular flexibility index (Phi) is 5.02. The first-order chi connectivity index (χ1) is 12.6. The third-order valence-corrected chi connectivity index (χ3v) is 7.23. The number of hydrogen-bond donors (Lipinski definition) is 0. The molecule has 0 N–H and O–H groups in total. The SMILES string of the molecule is Cc1cc(C(=O)CSC2=Nc3ccccc3CS2)c(C)n1-c1nccs1. The van der Waals surface area contributed by atoms with E-state index in [9.17, 15) is 4.79 Å². The van der Waals surface area contributed by atoms with E-state index in [1.165, 1.54) is 17.3 Å². The lowest BCUT2D eigenvalue weighted by Crippen LogP contribution is -2.07. The maximum Gasteiger partial charge on any atom is 0.193 e. The second-order valence-electron chi connectivity index (χ2n) is 5.94. The Morgan fingerprint density at radius 2 is 2.15 bits per heavy atom. The Balaban J connectivity index is 1.50. The van der Waals surface area contributed by atoms with Gasteiger partial charge in [0.05, 0.1) is 11.4 Å². The number of hydrogen-bond acceptors (Lipinski definition) is 6. The highest BCUT2D eigenvalue weighted by Crippen LogP contribution is 2.34. The summed E-state index contributed by atoms with van der Waals surface area (Å²) < 4.78 is 3.01. The van der Waals surface area contributed by atoms with Crippen molar-refractivity contribution in [3.8, 4) is 5.13 Å². The van der Waals surface area contributed by atoms with E-state index in [0.29, 0.717) is 5.75 Å². The number of carbonyl (C=O) groups is 1. The third kappa shape index (κ3) is 3.39. The first-order valence-electron chi connectivity index (χ1n) is 8.17. The molecule has 4 nitrogen and oxygen atoms in total. The summed E-state index contributed by atoms with van der Waals surface area (Å²) in [6.45, 7) is 3.99. The normalized spacial score (nSPS) is 13.4. The predicted molar refractivity (Wildman–Crippen MR) is 113 cm³/mol. The van der Waals surface area contributed by atoms with Crippen LogP contribution in [-0.2, 0) is 5.75 Å². The van der Waals surface area contributed by atoms with Crippen LogP contribution in [0.4, 0.5) is 5.69 Å². The van der Waals surface area contributed by atoms with Crippen molar-refractivity contribution in [3.05, 3.63) is 64.4 Å². The van der Waals surface area contributed by atoms with Crippen LogP contribution in [-0.4, -0.2) is 25.5 Å². The fraction of sp³-hybridized carbons (Fsp3) is 0.211. The third-order valence-electron chi connectivity index (χ3n) is 4.22. The number of ketones is 1. The quantitative estimate of drug-likeness (QED) is 0.551. The van der Waals surface area contributed by atoms with Crippen LogP contribution in [0.5, 0.6) is 0 Å². The van der Waals surface area contributed by atoms with Gasteiger partial charge in [-0.1, -0.05) is 41.7 Å². The molecule has 0 saturated heterocycles. The van der Waals surface area contributed by atoms with Crippen LogP contribution >= 0.6 is 34.9 Å². The van der Waals surface area contributed by atoms with Crippen molar-refractivity contribution in [2.75, 3.05) is 5.75 Å². The minimum absolute atomic E-state index is 0.132. The van der Waals surface area contributed by atoms with E-state index < -0.39 is 0 Å². The average molecular weight is 400 g/mol. The molecule has 0 unspecified atom stereocenters. The number of thioether (sulfide) groups is 2. The maximum absolute atomic E-state index is 12.8. The maximum atomic E-state index is 12.8. The van der Waals surface area contributed by atoms with Crippen LogP contribution in [0.25, 0.3) is 5.13 Å². The lowest BCUT2D eigenvalue weighted by atomic mass is 10.2. The molecule has 3 aromatic rings. The van der Waals surface area contributed by atoms with Gasteiger partial charge < -0.3 is 0 Å². The summed E-state index contributed by atoms with van der Waals surface area (Å²) in [6, 6.07) is 10.1. The number of benzene rings is 1. The van der Waals surface area contributed by atoms with Crippen molar-refractivity contribution in [2.45, 2.75) is 19.6 Å². The van der Waals surface area contributed by atoms with Gasteiger partial charge >= 0.3 is 0 Å². The molecule has 1 aliphatic heterocycles. The zero-order valence-corrected chi connectivity index (χ0v) is 16.9. The Morgan fingerprint density at radius 1 is 1.31 bits per heavy atom. The van der Waals surface area contributed by atoms with Crippen LogP contribution in [0.2, 0.25) is 0 Å². The van der Waals surface area contributed by atoms with Crippen LogP contribution < -0.4 is 0 Å². The number of aliphatic imine (C=N–C) groups is 1. The van der Waals surface area contributed by atoms with E-state index in [-0.39, 0.29) is 5.78 Å². The molecule has 0 saturated carbocycles. The molecule has 3 heterocycles. The van der Waals surface area contributed by atoms with E-state index in [1.807, 2.05) is 48.1 Å². The molecule has 0 fully saturated rings. The second kappa shape index (κ2) is 7.42. The lowest BCUT2D eigenvalue weighted by molar-refractivity contribution is 0.102. The average Bonchev–Trinajstić information content (AvgIpc) is 3.27. The van der Waals surface area contributed by atoms with Crippen molar-refractivity contribution in [3.63, 3.8) is 0 Å². The van der Waals surface area contributed by atoms with Crippen molar-refractivity contribution in [1.29, 1.82) is 0 Å². The summed E-state index contributed by atoms with van der Waals surface area (Å²) in [5, 5.41) is 2.84. The zero-order chi connectivity index (χ0) is 18.1. The molecule has 1 aromatic carbocycles. The summed E-state index contributed by atoms with van der Waals surface area (Å²) >= 11 is 4.80. The van der Waals surface area contributed by atoms with Crippen LogP contribution in [0.3, 0.4) is 0 Å². The number of carbonyl (C=O) groups excluding carboxylic acids is 1. The van der Waals surface area contributed by atoms with Gasteiger partial charge in [-0.05, 0) is 31.5 Å². The van der Waals surface area contributed by atoms with Gasteiger partial charge in [-0.15, -0.1) is 11.3 Å². The number of aryl methyl sites for hydroxylation is 1. The molecule has 0 amide bonds. The fourth-order valence-electron chi connectivity index (χ4n) is 2.96. The largest absolute Gasteiger partial charge is 0.294 e. The number of rotatable bonds is 4. The smallest absolute Gasteiger partial charge is 0.193 e. The fourth-order valence-corrected chi connectivity index (χ4v) is 5.65. The standard InChI is InChI=1S/C19H17N3OS3/c1-12-9-15(13(2)22(12)18-20-7-8-24-18)17(23)11-26-19-21-16-6-4-3-5-14(16)10-25-19/h3-9H,10-11H2,1-2H3. The number of para-hydroxylation sites is 1. The lowest BCUT2D eigenvalue weighted by Gasteiger charge is -2.13. The van der Waals surface area contributed by atoms with Gasteiger partial charge in [0.25, 0.3) is 0 Å². The highest BCUT2D eigenvalue weighted by molar-refractivity contribution is 8.38. The molecule has 4 rings (SSSR count). The Labute approximate surface area is 164 Å². The topological polar surface area (TPSA) is 47.2 Å². The molecule has 0 spiro atoms. The number of thiazole rings is 1. The summed E-state index contributed by atoms with van der Waals surface area (Å²) in [6.07, 6.45) is 1.78. The van der Waals surface area contributed by atoms with Gasteiger partial charge in [0.15, 0.2) is 10.9 Å². The van der Waals surface area contributed by atoms with E-state index >= 15 is 0 Å². The van der Waals surface area contributed by atoms with E-state index in [1.54, 1.807) is 29.3 Å². The summed E-state index contributed by atoms with van der Waals surface area (Å²) in [7, 11) is 0. The Bertz CT molecular complexity index is 990.